The van der Waals surface area contributed by atoms with Crippen molar-refractivity contribution in [3.63, 3.8) is 0 Å². The van der Waals surface area contributed by atoms with Gasteiger partial charge in [0.05, 0.1) is 23.4 Å². The predicted octanol–water partition coefficient (Wildman–Crippen LogP) is 19.4. The van der Waals surface area contributed by atoms with Gasteiger partial charge in [-0.1, -0.05) is 0 Å². The lowest BCUT2D eigenvalue weighted by atomic mass is 9.68. The van der Waals surface area contributed by atoms with Gasteiger partial charge in [0.1, 0.15) is 0 Å². The van der Waals surface area contributed by atoms with Crippen LogP contribution in [-0.2, 0) is 20.4 Å². The molecule has 314 valence electrons. The van der Waals surface area contributed by atoms with Crippen LogP contribution in [0.2, 0.25) is 0 Å². The van der Waals surface area contributed by atoms with Crippen molar-refractivity contribution in [1.29, 1.82) is 0 Å². The Balaban J connectivity index is 1.17. The van der Waals surface area contributed by atoms with Gasteiger partial charge in [-0.15, -0.1) is 0 Å². The molecule has 0 bridgehead atoms. The van der Waals surface area contributed by atoms with Crippen LogP contribution in [0.15, 0.2) is 0 Å². The quantitative estimate of drug-likeness (QED) is 0.0981. The summed E-state index contributed by atoms with van der Waals surface area (Å²) < 4.78 is 6.69. The normalized spacial score (nSPS) is 23.1. The maximum atomic E-state index is 16.2. The van der Waals surface area contributed by atoms with Crippen molar-refractivity contribution < 1.29 is 9.53 Å². The smallest absolute Gasteiger partial charge is 0.311 e. The molecule has 0 N–H and O–H groups in total. The van der Waals surface area contributed by atoms with Crippen molar-refractivity contribution in [3.8, 4) is 0 Å². The Hall–Kier alpha value is -9.37. The lowest BCUT2D eigenvalue weighted by Crippen LogP contribution is -2.27. The first-order valence-electron chi connectivity index (χ1n) is 28.5. The van der Waals surface area contributed by atoms with Crippen LogP contribution in [0.5, 0.6) is 0 Å². The van der Waals surface area contributed by atoms with E-state index in [1.54, 1.807) is 367 Å². The highest BCUT2D eigenvalue weighted by molar-refractivity contribution is 6.84. The van der Waals surface area contributed by atoms with Crippen LogP contribution in [0.25, 0.3) is 345 Å². The first-order valence-corrected chi connectivity index (χ1v) is 28.5. The van der Waals surface area contributed by atoms with Gasteiger partial charge in [-0.05, 0) is 374 Å². The van der Waals surface area contributed by atoms with Gasteiger partial charge >= 0.3 is 5.97 Å². The largest absolute Gasteiger partial charge is 0.466 e. The lowest BCUT2D eigenvalue weighted by Gasteiger charge is -2.32. The number of ether oxygens (including phenoxy) is 1. The average Bonchev–Trinajstić information content (AvgIpc) is 1.94. The number of carbonyl (C=O) groups excluding carboxylic acids is 1. The Morgan fingerprint density at radius 1 is 0.224 bits per heavy atom. The predicted molar refractivity (Wildman–Crippen MR) is 317 cm³/mol. The third-order valence-electron chi connectivity index (χ3n) is 28.5. The van der Waals surface area contributed by atoms with Crippen molar-refractivity contribution in [2.24, 2.45) is 5.92 Å². The molecule has 76 heavy (non-hydrogen) atoms. The highest BCUT2D eigenvalue weighted by Gasteiger charge is 2.89. The number of carbonyl (C=O) groups is 1. The average molecular weight is 927 g/mol. The summed E-state index contributed by atoms with van der Waals surface area (Å²) in [7, 11) is 0. The van der Waals surface area contributed by atoms with Crippen LogP contribution in [0.4, 0.5) is 0 Å². The van der Waals surface area contributed by atoms with E-state index in [2.05, 4.69) is 6.92 Å². The first-order chi connectivity index (χ1) is 37.8. The molecule has 1 fully saturated rings. The van der Waals surface area contributed by atoms with E-state index in [9.17, 15) is 0 Å². The fourth-order valence-corrected chi connectivity index (χ4v) is 28.7. The Morgan fingerprint density at radius 3 is 0.434 bits per heavy atom. The molecule has 38 rings (SSSR count). The molecule has 1 unspecified atom stereocenters. The minimum Gasteiger partial charge on any atom is -0.466 e. The topological polar surface area (TPSA) is 26.3 Å². The van der Waals surface area contributed by atoms with Crippen LogP contribution in [0.3, 0.4) is 0 Å². The zero-order chi connectivity index (χ0) is 44.8. The summed E-state index contributed by atoms with van der Waals surface area (Å²) in [6, 6.07) is 0. The van der Waals surface area contributed by atoms with Gasteiger partial charge in [0.15, 0.2) is 0 Å². The molecule has 0 aliphatic heterocycles. The maximum absolute atomic E-state index is 16.2. The Morgan fingerprint density at radius 2 is 0.329 bits per heavy atom. The van der Waals surface area contributed by atoms with E-state index in [4.69, 9.17) is 4.74 Å². The number of hydrogen-bond donors (Lipinski definition) is 0. The molecule has 0 radical (unpaired) electrons. The Labute approximate surface area is 410 Å². The van der Waals surface area contributed by atoms with Crippen molar-refractivity contribution >= 4 is 351 Å². The summed E-state index contributed by atoms with van der Waals surface area (Å²) in [5.41, 5.74) is 5.20. The van der Waals surface area contributed by atoms with Gasteiger partial charge in [-0.2, -0.15) is 0 Å². The molecular weight excluding hydrogens is 921 g/mol. The van der Waals surface area contributed by atoms with Crippen molar-refractivity contribution in [3.05, 3.63) is 22.3 Å². The molecule has 2 spiro atoms. The van der Waals surface area contributed by atoms with Crippen molar-refractivity contribution in [2.75, 3.05) is 6.61 Å². The number of benzene rings is 23. The second-order valence-electron chi connectivity index (χ2n) is 28.3. The molecule has 33 aromatic carbocycles. The zero-order valence-corrected chi connectivity index (χ0v) is 38.6. The van der Waals surface area contributed by atoms with E-state index in [0.29, 0.717) is 6.61 Å². The molecule has 0 saturated heterocycles. The molecular formula is C74H6O2. The third kappa shape index (κ3) is 1.35. The van der Waals surface area contributed by atoms with E-state index in [1.807, 2.05) is 0 Å². The van der Waals surface area contributed by atoms with Crippen LogP contribution < -0.4 is 0 Å². The van der Waals surface area contributed by atoms with Gasteiger partial charge in [0, 0.05) is 0 Å². The van der Waals surface area contributed by atoms with E-state index >= 15 is 4.79 Å². The third-order valence-corrected chi connectivity index (χ3v) is 28.5. The molecule has 1 atom stereocenters. The number of rotatable bonds is 2. The van der Waals surface area contributed by atoms with E-state index in [0.717, 1.165) is 0 Å². The van der Waals surface area contributed by atoms with Crippen LogP contribution in [0.1, 0.15) is 29.2 Å². The molecule has 2 heteroatoms. The van der Waals surface area contributed by atoms with E-state index in [-0.39, 0.29) is 11.9 Å². The van der Waals surface area contributed by atoms with Crippen LogP contribution in [0, 0.1) is 5.92 Å². The van der Waals surface area contributed by atoms with Crippen LogP contribution >= 0.6 is 0 Å². The minimum atomic E-state index is -0.533. The Kier molecular flexibility index (Phi) is 2.13. The summed E-state index contributed by atoms with van der Waals surface area (Å²) in [5.74, 6) is -0.264. The molecule has 0 amide bonds. The summed E-state index contributed by atoms with van der Waals surface area (Å²) in [5, 5.41) is 102. The molecule has 33 aromatic rings. The standard InChI is InChI=1S/C74H6O2/c1-2-76-72(75)71-73-67-59-51-41-31-24-15-9-3-4-6-8-7-5(3)11-18-13(7)22-23-14(8)19-12(6)21-17(10(4)15)26-32(24)42(41)52-46-36(26)28(21)38-30(19)40-34(23)44-43-33(22)39-29(18)37-27-20(11)16(9)25(31)35(27)45(51)55-49(37)57-47(39)53(43)61-62-54(44)48(40)58-50(38)56(46)64(68(73)60(52)59)66(58)70(62)74(71,73)69(61)65(57)63(55)67/h71H,2H2,1H3. The SMILES string of the molecule is CCOC(=O)C1C23c4c5c6c7c8c9c(c%10c%11c2c2c4c4c%12c5c5c6c6c8c8c%13c9c9c%10c%10c%11c%11c2c2c4c4c%14c%12c%12c5c5c6c8c6c8c%13c9c9c%10c%10c%11c%11c2c4c2c4c%14c%12c%12c5c6c5c6c8c9c8c%10c%11c2c(c86)c4c%125)C713. The van der Waals surface area contributed by atoms with Gasteiger partial charge in [0.2, 0.25) is 0 Å². The van der Waals surface area contributed by atoms with Gasteiger partial charge in [-0.25, -0.2) is 0 Å². The zero-order valence-electron chi connectivity index (χ0n) is 38.6. The van der Waals surface area contributed by atoms with Gasteiger partial charge in [-0.3, -0.25) is 4.79 Å². The molecule has 1 saturated carbocycles. The summed E-state index contributed by atoms with van der Waals surface area (Å²) in [4.78, 5) is 16.2. The minimum absolute atomic E-state index is 0.0486. The Bertz CT molecular complexity index is 8300. The summed E-state index contributed by atoms with van der Waals surface area (Å²) >= 11 is 0. The van der Waals surface area contributed by atoms with Crippen molar-refractivity contribution in [1.82, 2.24) is 0 Å². The van der Waals surface area contributed by atoms with E-state index in [1.165, 1.54) is 0 Å². The molecule has 0 aromatic heterocycles. The highest BCUT2D eigenvalue weighted by atomic mass is 16.5. The molecule has 5 aliphatic carbocycles. The maximum Gasteiger partial charge on any atom is 0.311 e. The fourth-order valence-electron chi connectivity index (χ4n) is 28.7. The van der Waals surface area contributed by atoms with Gasteiger partial charge < -0.3 is 4.74 Å². The molecule has 5 aliphatic rings. The summed E-state index contributed by atoms with van der Waals surface area (Å²) in [6.45, 7) is 2.47. The second kappa shape index (κ2) is 5.95. The highest BCUT2D eigenvalue weighted by Crippen LogP contribution is 2.92. The van der Waals surface area contributed by atoms with E-state index < -0.39 is 10.8 Å². The van der Waals surface area contributed by atoms with Crippen LogP contribution in [-0.4, -0.2) is 12.6 Å². The number of hydrogen-bond acceptors (Lipinski definition) is 2. The second-order valence-corrected chi connectivity index (χ2v) is 28.3. The monoisotopic (exact) mass is 926 g/mol. The lowest BCUT2D eigenvalue weighted by molar-refractivity contribution is -0.145. The van der Waals surface area contributed by atoms with Gasteiger partial charge in [0.25, 0.3) is 0 Å². The number of esters is 1. The van der Waals surface area contributed by atoms with Crippen molar-refractivity contribution in [2.45, 2.75) is 17.8 Å². The molecule has 2 nitrogen and oxygen atoms in total. The fraction of sp³-hybridized carbons (Fsp3) is 0.0676. The summed E-state index contributed by atoms with van der Waals surface area (Å²) in [6.07, 6.45) is 0. The molecule has 0 heterocycles. The first kappa shape index (κ1) is 27.2.